The number of rotatable bonds is 5. The van der Waals surface area contributed by atoms with E-state index < -0.39 is 0 Å². The number of aliphatic imine (C=N–C) groups is 1. The van der Waals surface area contributed by atoms with Crippen LogP contribution >= 0.6 is 24.0 Å². The van der Waals surface area contributed by atoms with Crippen LogP contribution in [0.1, 0.15) is 36.5 Å². The second kappa shape index (κ2) is 9.19. The van der Waals surface area contributed by atoms with E-state index in [-0.39, 0.29) is 29.8 Å². The highest BCUT2D eigenvalue weighted by Gasteiger charge is 2.29. The third-order valence-electron chi connectivity index (χ3n) is 5.49. The lowest BCUT2D eigenvalue weighted by molar-refractivity contribution is 0.457. The molecule has 1 unspecified atom stereocenters. The maximum absolute atomic E-state index is 13.1. The van der Waals surface area contributed by atoms with E-state index in [0.717, 1.165) is 43.5 Å². The number of halogens is 2. The normalized spacial score (nSPS) is 19.6. The van der Waals surface area contributed by atoms with Gasteiger partial charge in [0.1, 0.15) is 18.2 Å². The van der Waals surface area contributed by atoms with Crippen molar-refractivity contribution >= 4 is 29.9 Å². The van der Waals surface area contributed by atoms with Gasteiger partial charge in [-0.3, -0.25) is 0 Å². The van der Waals surface area contributed by atoms with Gasteiger partial charge in [0.05, 0.1) is 0 Å². The van der Waals surface area contributed by atoms with Gasteiger partial charge >= 0.3 is 0 Å². The van der Waals surface area contributed by atoms with E-state index in [2.05, 4.69) is 20.4 Å². The highest BCUT2D eigenvalue weighted by atomic mass is 127. The summed E-state index contributed by atoms with van der Waals surface area (Å²) in [5.74, 6) is 3.16. The van der Waals surface area contributed by atoms with Gasteiger partial charge in [-0.25, -0.2) is 9.38 Å². The predicted octanol–water partition coefficient (Wildman–Crippen LogP) is 3.05. The van der Waals surface area contributed by atoms with Crippen LogP contribution in [0.2, 0.25) is 0 Å². The van der Waals surface area contributed by atoms with Gasteiger partial charge in [-0.15, -0.1) is 34.2 Å². The van der Waals surface area contributed by atoms with Crippen LogP contribution in [0.4, 0.5) is 4.39 Å². The summed E-state index contributed by atoms with van der Waals surface area (Å²) in [5, 5.41) is 11.9. The Hall–Kier alpha value is -1.71. The number of hydrogen-bond acceptors (Lipinski definition) is 3. The van der Waals surface area contributed by atoms with Crippen LogP contribution in [0.15, 0.2) is 29.3 Å². The molecule has 2 heterocycles. The molecule has 0 spiro atoms. The zero-order chi connectivity index (χ0) is 18.8. The second-order valence-electron chi connectivity index (χ2n) is 7.71. The lowest BCUT2D eigenvalue weighted by atomic mass is 9.99. The van der Waals surface area contributed by atoms with Crippen molar-refractivity contribution < 1.29 is 4.39 Å². The number of guanidine groups is 1. The van der Waals surface area contributed by atoms with Crippen molar-refractivity contribution in [3.63, 3.8) is 0 Å². The van der Waals surface area contributed by atoms with Gasteiger partial charge in [0.15, 0.2) is 11.8 Å². The third-order valence-corrected chi connectivity index (χ3v) is 5.49. The summed E-state index contributed by atoms with van der Waals surface area (Å²) in [7, 11) is 1.97. The Labute approximate surface area is 182 Å². The summed E-state index contributed by atoms with van der Waals surface area (Å²) in [6, 6.07) is 7.44. The van der Waals surface area contributed by atoms with Crippen molar-refractivity contribution in [2.24, 2.45) is 18.0 Å². The first-order valence-electron chi connectivity index (χ1n) is 9.73. The lowest BCUT2D eigenvalue weighted by Crippen LogP contribution is -2.41. The Balaban J connectivity index is 0.00000225. The van der Waals surface area contributed by atoms with Gasteiger partial charge in [-0.1, -0.05) is 12.1 Å². The minimum absolute atomic E-state index is 0. The second-order valence-corrected chi connectivity index (χ2v) is 7.71. The van der Waals surface area contributed by atoms with E-state index in [0.29, 0.717) is 18.5 Å². The molecular weight excluding hydrogens is 470 g/mol. The summed E-state index contributed by atoms with van der Waals surface area (Å²) in [4.78, 5) is 7.20. The van der Waals surface area contributed by atoms with Gasteiger partial charge in [0, 0.05) is 26.2 Å². The average molecular weight is 498 g/mol. The van der Waals surface area contributed by atoms with E-state index in [9.17, 15) is 4.39 Å². The van der Waals surface area contributed by atoms with E-state index in [1.54, 1.807) is 12.1 Å². The zero-order valence-electron chi connectivity index (χ0n) is 16.4. The fourth-order valence-electron chi connectivity index (χ4n) is 3.53. The Morgan fingerprint density at radius 1 is 1.21 bits per heavy atom. The predicted molar refractivity (Wildman–Crippen MR) is 118 cm³/mol. The first-order chi connectivity index (χ1) is 13.1. The molecule has 28 heavy (non-hydrogen) atoms. The van der Waals surface area contributed by atoms with E-state index >= 15 is 0 Å². The standard InChI is InChI=1S/C20H27FN6.HI/c1-14-24-25-19(26(14)2)12-22-20(23-18-7-8-18)27-10-9-16(13-27)11-15-3-5-17(21)6-4-15;/h3-6,16,18H,7-13H2,1-2H3,(H,22,23);1H. The molecule has 0 radical (unpaired) electrons. The number of benzene rings is 1. The molecule has 2 aromatic rings. The lowest BCUT2D eigenvalue weighted by Gasteiger charge is -2.22. The van der Waals surface area contributed by atoms with Crippen LogP contribution in [0.3, 0.4) is 0 Å². The largest absolute Gasteiger partial charge is 0.353 e. The molecule has 1 aromatic carbocycles. The van der Waals surface area contributed by atoms with Crippen molar-refractivity contribution in [3.05, 3.63) is 47.3 Å². The Morgan fingerprint density at radius 2 is 1.96 bits per heavy atom. The first-order valence-corrected chi connectivity index (χ1v) is 9.73. The van der Waals surface area contributed by atoms with Crippen molar-refractivity contribution in [3.8, 4) is 0 Å². The Kier molecular flexibility index (Phi) is 6.90. The fourth-order valence-corrected chi connectivity index (χ4v) is 3.53. The molecule has 1 atom stereocenters. The number of aromatic nitrogens is 3. The van der Waals surface area contributed by atoms with Crippen molar-refractivity contribution in [2.75, 3.05) is 13.1 Å². The third kappa shape index (κ3) is 5.21. The molecule has 1 aliphatic carbocycles. The van der Waals surface area contributed by atoms with Gasteiger partial charge < -0.3 is 14.8 Å². The maximum atomic E-state index is 13.1. The molecule has 152 valence electrons. The van der Waals surface area contributed by atoms with Crippen molar-refractivity contribution in [1.29, 1.82) is 0 Å². The summed E-state index contributed by atoms with van der Waals surface area (Å²) < 4.78 is 15.1. The monoisotopic (exact) mass is 498 g/mol. The van der Waals surface area contributed by atoms with Crippen LogP contribution in [-0.4, -0.2) is 44.8 Å². The number of likely N-dealkylation sites (tertiary alicyclic amines) is 1. The number of nitrogens with zero attached hydrogens (tertiary/aromatic N) is 5. The van der Waals surface area contributed by atoms with Crippen LogP contribution in [0.5, 0.6) is 0 Å². The van der Waals surface area contributed by atoms with Crippen molar-refractivity contribution in [1.82, 2.24) is 25.0 Å². The van der Waals surface area contributed by atoms with Crippen LogP contribution in [0.25, 0.3) is 0 Å². The smallest absolute Gasteiger partial charge is 0.194 e. The molecule has 1 aliphatic heterocycles. The van der Waals surface area contributed by atoms with Crippen LogP contribution in [-0.2, 0) is 20.0 Å². The summed E-state index contributed by atoms with van der Waals surface area (Å²) in [6.07, 6.45) is 4.55. The SMILES string of the molecule is Cc1nnc(CN=C(NC2CC2)N2CCC(Cc3ccc(F)cc3)C2)n1C.I. The fraction of sp³-hybridized carbons (Fsp3) is 0.550. The molecule has 0 amide bonds. The topological polar surface area (TPSA) is 58.3 Å². The van der Waals surface area contributed by atoms with Gasteiger partial charge in [0.25, 0.3) is 0 Å². The highest BCUT2D eigenvalue weighted by molar-refractivity contribution is 14.0. The van der Waals surface area contributed by atoms with Gasteiger partial charge in [-0.05, 0) is 56.2 Å². The minimum atomic E-state index is -0.172. The molecule has 4 rings (SSSR count). The van der Waals surface area contributed by atoms with Crippen LogP contribution < -0.4 is 5.32 Å². The van der Waals surface area contributed by atoms with E-state index in [1.165, 1.54) is 18.4 Å². The zero-order valence-corrected chi connectivity index (χ0v) is 18.8. The molecule has 1 aromatic heterocycles. The van der Waals surface area contributed by atoms with Crippen LogP contribution in [0, 0.1) is 18.7 Å². The molecule has 6 nitrogen and oxygen atoms in total. The molecule has 2 aliphatic rings. The summed E-state index contributed by atoms with van der Waals surface area (Å²) in [6.45, 7) is 4.46. The van der Waals surface area contributed by atoms with E-state index in [1.807, 2.05) is 30.7 Å². The molecule has 8 heteroatoms. The van der Waals surface area contributed by atoms with E-state index in [4.69, 9.17) is 4.99 Å². The van der Waals surface area contributed by atoms with Gasteiger partial charge in [-0.2, -0.15) is 0 Å². The first kappa shape index (κ1) is 21.0. The highest BCUT2D eigenvalue weighted by Crippen LogP contribution is 2.24. The molecule has 1 saturated heterocycles. The van der Waals surface area contributed by atoms with Gasteiger partial charge in [0.2, 0.25) is 0 Å². The summed E-state index contributed by atoms with van der Waals surface area (Å²) in [5.41, 5.74) is 1.20. The number of nitrogens with one attached hydrogen (secondary N) is 1. The quantitative estimate of drug-likeness (QED) is 0.391. The Morgan fingerprint density at radius 3 is 2.61 bits per heavy atom. The number of hydrogen-bond donors (Lipinski definition) is 1. The molecule has 0 bridgehead atoms. The minimum Gasteiger partial charge on any atom is -0.353 e. The molecule has 1 saturated carbocycles. The summed E-state index contributed by atoms with van der Waals surface area (Å²) >= 11 is 0. The molecular formula is C20H28FIN6. The average Bonchev–Trinajstić information content (AvgIpc) is 3.28. The Bertz CT molecular complexity index is 815. The number of aryl methyl sites for hydroxylation is 1. The van der Waals surface area contributed by atoms with Crippen molar-refractivity contribution in [2.45, 2.75) is 45.2 Å². The molecule has 2 fully saturated rings. The molecule has 1 N–H and O–H groups in total. The maximum Gasteiger partial charge on any atom is 0.194 e.